The molecule has 0 aromatic carbocycles. The van der Waals surface area contributed by atoms with Gasteiger partial charge in [0.15, 0.2) is 6.54 Å². The Morgan fingerprint density at radius 3 is 1.22 bits per heavy atom. The number of carbonyl (C=O) groups is 5. The van der Waals surface area contributed by atoms with Crippen LogP contribution in [0, 0.1) is 0 Å². The standard InChI is InChI=1S/C10H23N3.C10H22N2.C9H21N3.C9H20N2O.C9H14N2.C8H18N2O.C7H16N2O.2C6H14N2O.C5H12N2O/c1-10(2)11-4-5-13-8-6-12(3)7-9-13;1-10(2)11-6-9-12-7-4-3-5-8-12;1-9(2)11-5-8-12-6-3-10-4-7-12;1-9(2)10-3-4-11-5-7-12-8-6-11;1-8(2)11-7-9-4-3-5-10-6-9;1-7(2)9-8(11)6-10(3,4)5;1-6(2)8-7(10)5-9(3)4;1-5(2)8-6(9)4-7-3;1-4(2)8-6(9)5(3)7;1-4(2)7-5(8)3-6/h10-11H,4-9H2,1-3H3;10-11H,3-9H2,1-2H3;9-11H,3-8H2,1-2H3;9-10H,3-8H2,1-2H3;3-6,8,11H,7H2,1-2H3;7H,6H2,1-5H3;6H,5H2,1-4H3,(H,8,10);5,7H,4H2,1-3H3,(H,8,9);4-5H,7H2,1-3H3,(H,8,9);4H,3,6H2,1-2H3,(H,7,8)/p+1. The number of pyridine rings is 1. The summed E-state index contributed by atoms with van der Waals surface area (Å²) < 4.78 is 5.94. The van der Waals surface area contributed by atoms with Gasteiger partial charge in [0.05, 0.1) is 60.0 Å². The van der Waals surface area contributed by atoms with Gasteiger partial charge in [-0.15, -0.1) is 0 Å². The molecular formula is C79H175N22O6+. The number of quaternary nitrogens is 1. The Morgan fingerprint density at radius 1 is 0.505 bits per heavy atom. The van der Waals surface area contributed by atoms with Gasteiger partial charge < -0.3 is 99.2 Å². The van der Waals surface area contributed by atoms with Crippen molar-refractivity contribution in [2.75, 3.05) is 220 Å². The zero-order valence-corrected chi connectivity index (χ0v) is 74.1. The van der Waals surface area contributed by atoms with Crippen molar-refractivity contribution in [3.05, 3.63) is 30.1 Å². The van der Waals surface area contributed by atoms with Gasteiger partial charge in [-0.05, 0) is 142 Å². The van der Waals surface area contributed by atoms with E-state index in [0.717, 1.165) is 78.7 Å². The minimum Gasteiger partial charge on any atom is -0.379 e. The summed E-state index contributed by atoms with van der Waals surface area (Å²) >= 11 is 0. The van der Waals surface area contributed by atoms with Gasteiger partial charge in [-0.1, -0.05) is 81.7 Å². The van der Waals surface area contributed by atoms with E-state index in [1.807, 2.05) is 122 Å². The Kier molecular flexibility index (Phi) is 76.3. The molecule has 4 fully saturated rings. The highest BCUT2D eigenvalue weighted by molar-refractivity contribution is 5.81. The summed E-state index contributed by atoms with van der Waals surface area (Å²) in [6, 6.07) is 7.76. The van der Waals surface area contributed by atoms with Crippen LogP contribution in [-0.2, 0) is 35.3 Å². The van der Waals surface area contributed by atoms with Crippen LogP contribution in [-0.4, -0.2) is 354 Å². The van der Waals surface area contributed by atoms with Gasteiger partial charge in [0, 0.05) is 197 Å². The fourth-order valence-corrected chi connectivity index (χ4v) is 9.67. The number of rotatable bonds is 32. The monoisotopic (exact) mass is 1530 g/mol. The summed E-state index contributed by atoms with van der Waals surface area (Å²) in [6.45, 7) is 70.8. The van der Waals surface area contributed by atoms with E-state index in [-0.39, 0.29) is 66.3 Å². The second kappa shape index (κ2) is 73.3. The van der Waals surface area contributed by atoms with E-state index >= 15 is 0 Å². The first kappa shape index (κ1) is 111. The number of likely N-dealkylation sites (N-methyl/N-ethyl adjacent to an activating group) is 4. The van der Waals surface area contributed by atoms with Gasteiger partial charge >= 0.3 is 0 Å². The summed E-state index contributed by atoms with van der Waals surface area (Å²) in [7, 11) is 13.7. The molecule has 1 aromatic heterocycles. The second-order valence-corrected chi connectivity index (χ2v) is 32.2. The van der Waals surface area contributed by atoms with Crippen molar-refractivity contribution < 1.29 is 33.2 Å². The van der Waals surface area contributed by atoms with Gasteiger partial charge in [0.25, 0.3) is 5.91 Å². The number of nitrogens with one attached hydrogen (secondary N) is 12. The van der Waals surface area contributed by atoms with Crippen LogP contribution in [0.2, 0.25) is 0 Å². The lowest BCUT2D eigenvalue weighted by Gasteiger charge is -2.32. The van der Waals surface area contributed by atoms with Crippen molar-refractivity contribution in [3.8, 4) is 0 Å². The van der Waals surface area contributed by atoms with E-state index in [1.54, 1.807) is 20.2 Å². The maximum atomic E-state index is 11.1. The molecule has 5 heterocycles. The molecule has 28 heteroatoms. The third kappa shape index (κ3) is 92.3. The van der Waals surface area contributed by atoms with Crippen LogP contribution in [0.4, 0.5) is 0 Å². The summed E-state index contributed by atoms with van der Waals surface area (Å²) in [4.78, 5) is 72.2. The number of ether oxygens (including phenoxy) is 1. The number of amides is 5. The number of morpholine rings is 1. The summed E-state index contributed by atoms with van der Waals surface area (Å²) in [5.41, 5.74) is 11.5. The van der Waals surface area contributed by atoms with Gasteiger partial charge in [0.1, 0.15) is 0 Å². The van der Waals surface area contributed by atoms with Gasteiger partial charge in [-0.3, -0.25) is 43.7 Å². The minimum atomic E-state index is -0.396. The molecule has 5 rings (SSSR count). The van der Waals surface area contributed by atoms with Crippen LogP contribution in [0.15, 0.2) is 24.5 Å². The lowest BCUT2D eigenvalue weighted by Crippen LogP contribution is -2.46. The van der Waals surface area contributed by atoms with E-state index < -0.39 is 6.04 Å². The number of likely N-dealkylation sites (tertiary alicyclic amines) is 1. The Labute approximate surface area is 656 Å². The van der Waals surface area contributed by atoms with Crippen LogP contribution in [0.25, 0.3) is 0 Å². The fourth-order valence-electron chi connectivity index (χ4n) is 9.67. The third-order valence-electron chi connectivity index (χ3n) is 15.0. The van der Waals surface area contributed by atoms with Crippen molar-refractivity contribution in [1.29, 1.82) is 0 Å². The molecule has 1 unspecified atom stereocenters. The quantitative estimate of drug-likeness (QED) is 0.0461. The fraction of sp³-hybridized carbons (Fsp3) is 0.873. The van der Waals surface area contributed by atoms with Crippen molar-refractivity contribution in [2.24, 2.45) is 11.5 Å². The summed E-state index contributed by atoms with van der Waals surface area (Å²) in [5.74, 6) is 0.0602. The molecule has 4 aliphatic rings. The molecule has 4 saturated heterocycles. The van der Waals surface area contributed by atoms with Crippen molar-refractivity contribution in [2.45, 2.75) is 238 Å². The largest absolute Gasteiger partial charge is 0.379 e. The zero-order valence-electron chi connectivity index (χ0n) is 74.1. The molecule has 0 spiro atoms. The average Bonchev–Trinajstić information content (AvgIpc) is 0.965. The number of aromatic nitrogens is 1. The van der Waals surface area contributed by atoms with E-state index in [1.165, 1.54) is 96.8 Å². The van der Waals surface area contributed by atoms with E-state index in [2.05, 4.69) is 176 Å². The highest BCUT2D eigenvalue weighted by Gasteiger charge is 2.16. The molecule has 0 aliphatic carbocycles. The van der Waals surface area contributed by atoms with Gasteiger partial charge in [-0.25, -0.2) is 0 Å². The van der Waals surface area contributed by atoms with E-state index in [9.17, 15) is 24.0 Å². The molecule has 28 nitrogen and oxygen atoms in total. The number of nitrogens with two attached hydrogens (primary N) is 2. The third-order valence-corrected chi connectivity index (χ3v) is 15.0. The van der Waals surface area contributed by atoms with Crippen LogP contribution in [0.1, 0.15) is 170 Å². The molecule has 16 N–H and O–H groups in total. The molecule has 0 radical (unpaired) electrons. The predicted octanol–water partition coefficient (Wildman–Crippen LogP) is 2.84. The number of hydrogen-bond donors (Lipinski definition) is 14. The first-order chi connectivity index (χ1) is 50.0. The molecule has 1 aromatic rings. The minimum absolute atomic E-state index is 0.0486. The molecule has 107 heavy (non-hydrogen) atoms. The number of hydrogen-bond acceptors (Lipinski definition) is 22. The normalized spacial score (nSPS) is 15.3. The van der Waals surface area contributed by atoms with Crippen LogP contribution in [0.5, 0.6) is 0 Å². The number of piperazine rings is 2. The van der Waals surface area contributed by atoms with E-state index in [0.29, 0.717) is 54.3 Å². The summed E-state index contributed by atoms with van der Waals surface area (Å²) in [5, 5.41) is 36.9. The molecule has 0 saturated carbocycles. The smallest absolute Gasteiger partial charge is 0.275 e. The first-order valence-electron chi connectivity index (χ1n) is 40.5. The topological polar surface area (TPSA) is 323 Å². The molecular weight excluding hydrogens is 1350 g/mol. The lowest BCUT2D eigenvalue weighted by atomic mass is 10.1. The maximum absolute atomic E-state index is 11.1. The van der Waals surface area contributed by atoms with Crippen LogP contribution < -0.4 is 75.3 Å². The van der Waals surface area contributed by atoms with Crippen molar-refractivity contribution in [1.82, 2.24) is 98.2 Å². The first-order valence-corrected chi connectivity index (χ1v) is 40.5. The van der Waals surface area contributed by atoms with Crippen LogP contribution in [0.3, 0.4) is 0 Å². The van der Waals surface area contributed by atoms with Gasteiger partial charge in [0.2, 0.25) is 23.6 Å². The molecule has 0 bridgehead atoms. The molecule has 5 amide bonds. The Bertz CT molecular complexity index is 2070. The maximum Gasteiger partial charge on any atom is 0.275 e. The van der Waals surface area contributed by atoms with Crippen molar-refractivity contribution >= 4 is 29.5 Å². The molecule has 1 atom stereocenters. The Balaban J connectivity index is -0.000000361. The van der Waals surface area contributed by atoms with E-state index in [4.69, 9.17) is 16.2 Å². The Hall–Kier alpha value is -4.18. The highest BCUT2D eigenvalue weighted by atomic mass is 16.5. The van der Waals surface area contributed by atoms with Crippen molar-refractivity contribution in [3.63, 3.8) is 0 Å². The molecule has 636 valence electrons. The average molecular weight is 1530 g/mol. The Morgan fingerprint density at radius 2 is 0.888 bits per heavy atom. The summed E-state index contributed by atoms with van der Waals surface area (Å²) in [6.07, 6.45) is 7.92. The highest BCUT2D eigenvalue weighted by Crippen LogP contribution is 2.07. The molecule has 4 aliphatic heterocycles. The number of piperidine rings is 1. The second-order valence-electron chi connectivity index (χ2n) is 32.2. The van der Waals surface area contributed by atoms with Crippen LogP contribution >= 0.6 is 0 Å². The predicted molar refractivity (Wildman–Crippen MR) is 454 cm³/mol. The zero-order chi connectivity index (χ0) is 82.7. The SMILES string of the molecule is CC(C)NC(=O)C(C)N.CC(C)NC(=O)CN.CC(C)NC(=O)CN(C)C.CC(C)NC(=O)C[N+](C)(C)C.CC(C)NCCN1CCCCC1.CC(C)NCCN1CCN(C)CC1.CC(C)NCCN1CCNCC1.CC(C)NCCN1CCOCC1.CC(C)NCc1cccnc1.CNCC(=O)NC(C)C. The lowest BCUT2D eigenvalue weighted by molar-refractivity contribution is -0.862. The number of carbonyl (C=O) groups excluding carboxylic acids is 5. The number of nitrogens with zero attached hydrogens (tertiary/aromatic N) is 8. The van der Waals surface area contributed by atoms with Gasteiger partial charge in [-0.2, -0.15) is 0 Å².